The minimum atomic E-state index is -3.48. The van der Waals surface area contributed by atoms with Crippen molar-refractivity contribution in [3.05, 3.63) is 29.3 Å². The van der Waals surface area contributed by atoms with Gasteiger partial charge >= 0.3 is 0 Å². The van der Waals surface area contributed by atoms with Crippen LogP contribution in [0.4, 0.5) is 5.69 Å². The lowest BCUT2D eigenvalue weighted by molar-refractivity contribution is 0.0913. The number of nitrogen functional groups attached to an aromatic ring is 1. The summed E-state index contributed by atoms with van der Waals surface area (Å²) in [5.41, 5.74) is 7.07. The number of benzene rings is 1. The van der Waals surface area contributed by atoms with Crippen molar-refractivity contribution >= 4 is 21.5 Å². The first-order chi connectivity index (χ1) is 9.21. The number of sulfonamides is 1. The van der Waals surface area contributed by atoms with E-state index in [9.17, 15) is 8.42 Å². The maximum absolute atomic E-state index is 11.9. The third kappa shape index (κ3) is 5.18. The van der Waals surface area contributed by atoms with Crippen molar-refractivity contribution in [2.24, 2.45) is 5.73 Å². The standard InChI is InChI=1S/C13H21N3O3S/c1-9(2)19-6-7-20(17,18)16-12-8-11(13(14)15)5-4-10(12)3/h4-5,8-9,16H,6-7H2,1-3H3,(H3,14,15). The molecule has 0 fully saturated rings. The second-order valence-electron chi connectivity index (χ2n) is 4.78. The number of nitrogens with two attached hydrogens (primary N) is 1. The Morgan fingerprint density at radius 2 is 2.10 bits per heavy atom. The van der Waals surface area contributed by atoms with Crippen LogP contribution in [0.5, 0.6) is 0 Å². The zero-order valence-electron chi connectivity index (χ0n) is 11.9. The van der Waals surface area contributed by atoms with Gasteiger partial charge in [-0.15, -0.1) is 0 Å². The maximum Gasteiger partial charge on any atom is 0.235 e. The first kappa shape index (κ1) is 16.5. The van der Waals surface area contributed by atoms with Gasteiger partial charge in [-0.3, -0.25) is 10.1 Å². The predicted molar refractivity (Wildman–Crippen MR) is 80.7 cm³/mol. The highest BCUT2D eigenvalue weighted by atomic mass is 32.2. The number of nitrogens with one attached hydrogen (secondary N) is 2. The van der Waals surface area contributed by atoms with Gasteiger partial charge in [0.25, 0.3) is 0 Å². The van der Waals surface area contributed by atoms with Crippen molar-refractivity contribution in [2.75, 3.05) is 17.1 Å². The molecule has 0 amide bonds. The Morgan fingerprint density at radius 3 is 2.65 bits per heavy atom. The van der Waals surface area contributed by atoms with Crippen LogP contribution in [0, 0.1) is 12.3 Å². The summed E-state index contributed by atoms with van der Waals surface area (Å²) in [6.07, 6.45) is -0.00650. The number of aryl methyl sites for hydroxylation is 1. The fourth-order valence-electron chi connectivity index (χ4n) is 1.51. The van der Waals surface area contributed by atoms with Crippen LogP contribution in [0.3, 0.4) is 0 Å². The zero-order chi connectivity index (χ0) is 15.3. The first-order valence-corrected chi connectivity index (χ1v) is 7.93. The summed E-state index contributed by atoms with van der Waals surface area (Å²) in [4.78, 5) is 0. The van der Waals surface area contributed by atoms with Gasteiger partial charge in [-0.25, -0.2) is 8.42 Å². The van der Waals surface area contributed by atoms with Gasteiger partial charge in [-0.2, -0.15) is 0 Å². The van der Waals surface area contributed by atoms with Crippen molar-refractivity contribution in [2.45, 2.75) is 26.9 Å². The minimum absolute atomic E-state index is 0.00650. The lowest BCUT2D eigenvalue weighted by atomic mass is 10.1. The lowest BCUT2D eigenvalue weighted by Crippen LogP contribution is -2.22. The quantitative estimate of drug-likeness (QED) is 0.523. The van der Waals surface area contributed by atoms with Gasteiger partial charge in [0.15, 0.2) is 0 Å². The molecule has 0 spiro atoms. The van der Waals surface area contributed by atoms with E-state index in [4.69, 9.17) is 15.9 Å². The predicted octanol–water partition coefficient (Wildman–Crippen LogP) is 1.45. The van der Waals surface area contributed by atoms with Crippen LogP contribution in [0.2, 0.25) is 0 Å². The van der Waals surface area contributed by atoms with Crippen molar-refractivity contribution < 1.29 is 13.2 Å². The highest BCUT2D eigenvalue weighted by Crippen LogP contribution is 2.18. The SMILES string of the molecule is Cc1ccc(C(=N)N)cc1NS(=O)(=O)CCOC(C)C. The highest BCUT2D eigenvalue weighted by molar-refractivity contribution is 7.92. The topological polar surface area (TPSA) is 105 Å². The van der Waals surface area contributed by atoms with Crippen molar-refractivity contribution in [1.29, 1.82) is 5.41 Å². The second kappa shape index (κ2) is 6.71. The van der Waals surface area contributed by atoms with Gasteiger partial charge < -0.3 is 10.5 Å². The molecule has 0 atom stereocenters. The van der Waals surface area contributed by atoms with E-state index < -0.39 is 10.0 Å². The van der Waals surface area contributed by atoms with Crippen LogP contribution in [0.1, 0.15) is 25.0 Å². The summed E-state index contributed by atoms with van der Waals surface area (Å²) >= 11 is 0. The fourth-order valence-corrected chi connectivity index (χ4v) is 2.48. The summed E-state index contributed by atoms with van der Waals surface area (Å²) in [5.74, 6) is -0.219. The average molecular weight is 299 g/mol. The molecule has 1 aromatic rings. The van der Waals surface area contributed by atoms with Crippen LogP contribution < -0.4 is 10.5 Å². The Kier molecular flexibility index (Phi) is 5.52. The van der Waals surface area contributed by atoms with E-state index in [0.717, 1.165) is 5.56 Å². The molecular formula is C13H21N3O3S. The number of anilines is 1. The van der Waals surface area contributed by atoms with Crippen LogP contribution in [0.15, 0.2) is 18.2 Å². The molecular weight excluding hydrogens is 278 g/mol. The van der Waals surface area contributed by atoms with E-state index in [-0.39, 0.29) is 24.3 Å². The molecule has 0 bridgehead atoms. The summed E-state index contributed by atoms with van der Waals surface area (Å²) in [6, 6.07) is 4.95. The fraction of sp³-hybridized carbons (Fsp3) is 0.462. The number of hydrogen-bond donors (Lipinski definition) is 3. The number of ether oxygens (including phenoxy) is 1. The van der Waals surface area contributed by atoms with Crippen LogP contribution in [0.25, 0.3) is 0 Å². The van der Waals surface area contributed by atoms with Gasteiger partial charge in [0.05, 0.1) is 24.2 Å². The molecule has 0 aliphatic rings. The van der Waals surface area contributed by atoms with Gasteiger partial charge in [0.2, 0.25) is 10.0 Å². The van der Waals surface area contributed by atoms with E-state index in [0.29, 0.717) is 11.3 Å². The van der Waals surface area contributed by atoms with Crippen LogP contribution in [-0.2, 0) is 14.8 Å². The van der Waals surface area contributed by atoms with Crippen LogP contribution in [-0.4, -0.2) is 32.7 Å². The second-order valence-corrected chi connectivity index (χ2v) is 6.63. The molecule has 0 aliphatic carbocycles. The molecule has 0 aromatic heterocycles. The monoisotopic (exact) mass is 299 g/mol. The highest BCUT2D eigenvalue weighted by Gasteiger charge is 2.13. The molecule has 1 rings (SSSR count). The number of amidine groups is 1. The van der Waals surface area contributed by atoms with Crippen LogP contribution >= 0.6 is 0 Å². The van der Waals surface area contributed by atoms with Gasteiger partial charge in [0, 0.05) is 5.56 Å². The van der Waals surface area contributed by atoms with Gasteiger partial charge in [0.1, 0.15) is 5.84 Å². The molecule has 112 valence electrons. The number of rotatable bonds is 7. The molecule has 0 heterocycles. The zero-order valence-corrected chi connectivity index (χ0v) is 12.8. The van der Waals surface area contributed by atoms with E-state index in [2.05, 4.69) is 4.72 Å². The summed E-state index contributed by atoms with van der Waals surface area (Å²) in [5, 5.41) is 7.37. The Balaban J connectivity index is 2.81. The summed E-state index contributed by atoms with van der Waals surface area (Å²) < 4.78 is 31.6. The van der Waals surface area contributed by atoms with E-state index >= 15 is 0 Å². The molecule has 20 heavy (non-hydrogen) atoms. The normalized spacial score (nSPS) is 11.6. The lowest BCUT2D eigenvalue weighted by Gasteiger charge is -2.13. The molecule has 1 aromatic carbocycles. The maximum atomic E-state index is 11.9. The Hall–Kier alpha value is -1.60. The number of hydrogen-bond acceptors (Lipinski definition) is 4. The molecule has 0 radical (unpaired) electrons. The summed E-state index contributed by atoms with van der Waals surface area (Å²) in [7, 11) is -3.48. The molecule has 0 saturated carbocycles. The molecule has 7 heteroatoms. The smallest absolute Gasteiger partial charge is 0.235 e. The van der Waals surface area contributed by atoms with Crippen molar-refractivity contribution in [3.63, 3.8) is 0 Å². The molecule has 4 N–H and O–H groups in total. The Bertz CT molecular complexity index is 583. The molecule has 0 unspecified atom stereocenters. The van der Waals surface area contributed by atoms with Gasteiger partial charge in [-0.1, -0.05) is 12.1 Å². The Labute approximate surface area is 119 Å². The molecule has 6 nitrogen and oxygen atoms in total. The van der Waals surface area contributed by atoms with Crippen molar-refractivity contribution in [1.82, 2.24) is 0 Å². The van der Waals surface area contributed by atoms with E-state index in [1.54, 1.807) is 25.1 Å². The third-order valence-electron chi connectivity index (χ3n) is 2.62. The average Bonchev–Trinajstić information content (AvgIpc) is 2.30. The molecule has 0 aliphatic heterocycles. The first-order valence-electron chi connectivity index (χ1n) is 6.28. The van der Waals surface area contributed by atoms with Gasteiger partial charge in [-0.05, 0) is 32.4 Å². The molecule has 0 saturated heterocycles. The van der Waals surface area contributed by atoms with E-state index in [1.807, 2.05) is 13.8 Å². The third-order valence-corrected chi connectivity index (χ3v) is 3.85. The largest absolute Gasteiger partial charge is 0.384 e. The summed E-state index contributed by atoms with van der Waals surface area (Å²) in [6.45, 7) is 5.62. The Morgan fingerprint density at radius 1 is 1.45 bits per heavy atom. The van der Waals surface area contributed by atoms with E-state index in [1.165, 1.54) is 0 Å². The van der Waals surface area contributed by atoms with Crippen molar-refractivity contribution in [3.8, 4) is 0 Å². The minimum Gasteiger partial charge on any atom is -0.384 e.